The Hall–Kier alpha value is -1.58. The van der Waals surface area contributed by atoms with Gasteiger partial charge < -0.3 is 11.1 Å². The molecular formula is C15H21FN2O. The first-order valence-electron chi connectivity index (χ1n) is 6.64. The van der Waals surface area contributed by atoms with Gasteiger partial charge in [-0.25, -0.2) is 4.39 Å². The largest absolute Gasteiger partial charge is 0.382 e. The number of nitrogens with two attached hydrogens (primary N) is 1. The summed E-state index contributed by atoms with van der Waals surface area (Å²) in [6, 6.07) is 4.78. The fourth-order valence-electron chi connectivity index (χ4n) is 3.10. The van der Waals surface area contributed by atoms with Gasteiger partial charge in [0.1, 0.15) is 5.82 Å². The maximum Gasteiger partial charge on any atom is 0.251 e. The van der Waals surface area contributed by atoms with Gasteiger partial charge in [-0.3, -0.25) is 4.79 Å². The van der Waals surface area contributed by atoms with Gasteiger partial charge in [0.15, 0.2) is 0 Å². The summed E-state index contributed by atoms with van der Waals surface area (Å²) in [6.45, 7) is 6.72. The second-order valence-corrected chi connectivity index (χ2v) is 6.36. The molecule has 1 fully saturated rings. The number of anilines is 1. The van der Waals surface area contributed by atoms with Gasteiger partial charge in [0.2, 0.25) is 0 Å². The van der Waals surface area contributed by atoms with Crippen LogP contribution in [0.15, 0.2) is 18.2 Å². The van der Waals surface area contributed by atoms with E-state index in [1.807, 2.05) is 0 Å². The number of carbonyl (C=O) groups is 1. The molecule has 0 aliphatic heterocycles. The van der Waals surface area contributed by atoms with Crippen LogP contribution in [0.25, 0.3) is 0 Å². The van der Waals surface area contributed by atoms with Crippen LogP contribution in [0.3, 0.4) is 0 Å². The molecule has 0 radical (unpaired) electrons. The van der Waals surface area contributed by atoms with E-state index in [9.17, 15) is 9.18 Å². The molecule has 1 saturated carbocycles. The van der Waals surface area contributed by atoms with E-state index in [4.69, 9.17) is 5.73 Å². The summed E-state index contributed by atoms with van der Waals surface area (Å²) in [5, 5.41) is 3.39. The predicted molar refractivity (Wildman–Crippen MR) is 74.5 cm³/mol. The average Bonchev–Trinajstić information content (AvgIpc) is 2.54. The van der Waals surface area contributed by atoms with Gasteiger partial charge >= 0.3 is 0 Å². The number of hydrogen-bond donors (Lipinski definition) is 2. The van der Waals surface area contributed by atoms with E-state index in [2.05, 4.69) is 26.1 Å². The Morgan fingerprint density at radius 1 is 1.42 bits per heavy atom. The zero-order valence-electron chi connectivity index (χ0n) is 11.7. The topological polar surface area (TPSA) is 55.1 Å². The highest BCUT2D eigenvalue weighted by molar-refractivity contribution is 5.94. The first kappa shape index (κ1) is 13.8. The molecule has 3 N–H and O–H groups in total. The van der Waals surface area contributed by atoms with Gasteiger partial charge in [-0.2, -0.15) is 0 Å². The number of halogens is 1. The predicted octanol–water partition coefficient (Wildman–Crippen LogP) is 3.16. The molecule has 0 heterocycles. The molecule has 1 aliphatic carbocycles. The third-order valence-corrected chi connectivity index (χ3v) is 3.92. The Labute approximate surface area is 113 Å². The van der Waals surface area contributed by atoms with Gasteiger partial charge in [0, 0.05) is 11.7 Å². The standard InChI is InChI=1S/C15H21FN2O/c1-9-7-15(2,3)8-13(9)18-10-4-5-12(16)11(6-10)14(17)19/h4-6,9,13,18H,7-8H2,1-3H3,(H2,17,19). The maximum absolute atomic E-state index is 13.4. The van der Waals surface area contributed by atoms with E-state index in [0.717, 1.165) is 18.5 Å². The molecule has 1 aliphatic rings. The first-order chi connectivity index (χ1) is 8.78. The highest BCUT2D eigenvalue weighted by atomic mass is 19.1. The Kier molecular flexibility index (Phi) is 3.52. The lowest BCUT2D eigenvalue weighted by Crippen LogP contribution is -2.23. The third-order valence-electron chi connectivity index (χ3n) is 3.92. The van der Waals surface area contributed by atoms with Gasteiger partial charge in [-0.05, 0) is 42.4 Å². The lowest BCUT2D eigenvalue weighted by atomic mass is 9.91. The lowest BCUT2D eigenvalue weighted by Gasteiger charge is -2.20. The maximum atomic E-state index is 13.4. The summed E-state index contributed by atoms with van der Waals surface area (Å²) >= 11 is 0. The molecule has 19 heavy (non-hydrogen) atoms. The molecule has 3 nitrogen and oxygen atoms in total. The summed E-state index contributed by atoms with van der Waals surface area (Å²) in [7, 11) is 0. The fraction of sp³-hybridized carbons (Fsp3) is 0.533. The van der Waals surface area contributed by atoms with E-state index in [1.165, 1.54) is 12.1 Å². The SMILES string of the molecule is CC1CC(C)(C)CC1Nc1ccc(F)c(C(N)=O)c1. The van der Waals surface area contributed by atoms with Crippen molar-refractivity contribution in [2.75, 3.05) is 5.32 Å². The molecule has 104 valence electrons. The smallest absolute Gasteiger partial charge is 0.251 e. The van der Waals surface area contributed by atoms with Crippen LogP contribution in [-0.4, -0.2) is 11.9 Å². The summed E-state index contributed by atoms with van der Waals surface area (Å²) in [6.07, 6.45) is 2.23. The normalized spacial score (nSPS) is 25.3. The molecule has 1 aromatic rings. The van der Waals surface area contributed by atoms with Crippen LogP contribution in [0.4, 0.5) is 10.1 Å². The number of nitrogens with one attached hydrogen (secondary N) is 1. The monoisotopic (exact) mass is 264 g/mol. The molecule has 0 bridgehead atoms. The van der Waals surface area contributed by atoms with Gasteiger partial charge in [-0.1, -0.05) is 20.8 Å². The number of amides is 1. The zero-order valence-corrected chi connectivity index (χ0v) is 11.7. The molecule has 0 spiro atoms. The molecule has 4 heteroatoms. The van der Waals surface area contributed by atoms with Crippen LogP contribution in [0.2, 0.25) is 0 Å². The van der Waals surface area contributed by atoms with Crippen LogP contribution in [0.5, 0.6) is 0 Å². The molecule has 1 amide bonds. The Balaban J connectivity index is 2.16. The van der Waals surface area contributed by atoms with Crippen molar-refractivity contribution in [3.8, 4) is 0 Å². The van der Waals surface area contributed by atoms with Crippen LogP contribution in [-0.2, 0) is 0 Å². The van der Waals surface area contributed by atoms with Crippen LogP contribution < -0.4 is 11.1 Å². The first-order valence-corrected chi connectivity index (χ1v) is 6.64. The minimum Gasteiger partial charge on any atom is -0.382 e. The highest BCUT2D eigenvalue weighted by Crippen LogP contribution is 2.42. The second kappa shape index (κ2) is 4.83. The van der Waals surface area contributed by atoms with Crippen LogP contribution in [0, 0.1) is 17.2 Å². The number of carbonyl (C=O) groups excluding carboxylic acids is 1. The zero-order chi connectivity index (χ0) is 14.2. The number of rotatable bonds is 3. The van der Waals surface area contributed by atoms with Crippen molar-refractivity contribution < 1.29 is 9.18 Å². The molecule has 0 aromatic heterocycles. The van der Waals surface area contributed by atoms with E-state index >= 15 is 0 Å². The van der Waals surface area contributed by atoms with Gasteiger partial charge in [0.05, 0.1) is 5.56 Å². The van der Waals surface area contributed by atoms with Gasteiger partial charge in [-0.15, -0.1) is 0 Å². The molecule has 2 rings (SSSR count). The van der Waals surface area contributed by atoms with Crippen molar-refractivity contribution in [1.29, 1.82) is 0 Å². The summed E-state index contributed by atoms with van der Waals surface area (Å²) < 4.78 is 13.4. The van der Waals surface area contributed by atoms with Crippen molar-refractivity contribution in [3.63, 3.8) is 0 Å². The Morgan fingerprint density at radius 3 is 2.63 bits per heavy atom. The number of primary amides is 1. The minimum absolute atomic E-state index is 0.0603. The lowest BCUT2D eigenvalue weighted by molar-refractivity contribution is 0.0996. The molecular weight excluding hydrogens is 243 g/mol. The van der Waals surface area contributed by atoms with Crippen LogP contribution in [0.1, 0.15) is 44.0 Å². The van der Waals surface area contributed by atoms with Crippen molar-refractivity contribution in [1.82, 2.24) is 0 Å². The molecule has 2 unspecified atom stereocenters. The third kappa shape index (κ3) is 3.06. The molecule has 0 saturated heterocycles. The number of hydrogen-bond acceptors (Lipinski definition) is 2. The average molecular weight is 264 g/mol. The van der Waals surface area contributed by atoms with Crippen molar-refractivity contribution in [2.24, 2.45) is 17.1 Å². The van der Waals surface area contributed by atoms with E-state index in [0.29, 0.717) is 17.4 Å². The quantitative estimate of drug-likeness (QED) is 0.881. The molecule has 2 atom stereocenters. The summed E-state index contributed by atoms with van der Waals surface area (Å²) in [4.78, 5) is 11.1. The summed E-state index contributed by atoms with van der Waals surface area (Å²) in [5.41, 5.74) is 6.17. The number of benzene rings is 1. The minimum atomic E-state index is -0.735. The van der Waals surface area contributed by atoms with Crippen molar-refractivity contribution >= 4 is 11.6 Å². The van der Waals surface area contributed by atoms with E-state index in [-0.39, 0.29) is 5.56 Å². The fourth-order valence-corrected chi connectivity index (χ4v) is 3.10. The van der Waals surface area contributed by atoms with Crippen molar-refractivity contribution in [3.05, 3.63) is 29.6 Å². The van der Waals surface area contributed by atoms with Gasteiger partial charge in [0.25, 0.3) is 5.91 Å². The molecule has 1 aromatic carbocycles. The summed E-state index contributed by atoms with van der Waals surface area (Å²) in [5.74, 6) is -0.754. The second-order valence-electron chi connectivity index (χ2n) is 6.36. The van der Waals surface area contributed by atoms with E-state index < -0.39 is 11.7 Å². The Bertz CT molecular complexity index is 499. The highest BCUT2D eigenvalue weighted by Gasteiger charge is 2.36. The van der Waals surface area contributed by atoms with Crippen molar-refractivity contribution in [2.45, 2.75) is 39.7 Å². The van der Waals surface area contributed by atoms with E-state index in [1.54, 1.807) is 6.07 Å². The Morgan fingerprint density at radius 2 is 2.11 bits per heavy atom. The van der Waals surface area contributed by atoms with Crippen LogP contribution >= 0.6 is 0 Å².